The van der Waals surface area contributed by atoms with E-state index in [-0.39, 0.29) is 0 Å². The molecule has 2 rings (SSSR count). The Labute approximate surface area is 153 Å². The van der Waals surface area contributed by atoms with E-state index in [1.807, 2.05) is 43.3 Å². The molecule has 0 aliphatic rings. The number of allylic oxidation sites excluding steroid dienone is 1. The fraction of sp³-hybridized carbons (Fsp3) is 0.211. The van der Waals surface area contributed by atoms with Gasteiger partial charge in [0, 0.05) is 41.5 Å². The molecule has 2 aromatic rings. The number of benzene rings is 2. The van der Waals surface area contributed by atoms with E-state index >= 15 is 0 Å². The molecule has 0 unspecified atom stereocenters. The number of anilines is 1. The molecule has 3 nitrogen and oxygen atoms in total. The number of nitrogens with zero attached hydrogens (tertiary/aromatic N) is 2. The lowest BCUT2D eigenvalue weighted by Crippen LogP contribution is -2.06. The van der Waals surface area contributed by atoms with Gasteiger partial charge >= 0.3 is 0 Å². The molecular formula is C19H23N3S2. The fourth-order valence-electron chi connectivity index (χ4n) is 1.99. The van der Waals surface area contributed by atoms with Gasteiger partial charge in [0.25, 0.3) is 0 Å². The number of hydrogen-bond acceptors (Lipinski definition) is 4. The molecule has 0 amide bonds. The summed E-state index contributed by atoms with van der Waals surface area (Å²) >= 11 is 3.10. The molecule has 5 heteroatoms. The molecule has 0 atom stereocenters. The van der Waals surface area contributed by atoms with E-state index in [4.69, 9.17) is 5.73 Å². The van der Waals surface area contributed by atoms with Crippen molar-refractivity contribution in [1.82, 2.24) is 4.90 Å². The van der Waals surface area contributed by atoms with Gasteiger partial charge in [0.15, 0.2) is 0 Å². The topological polar surface area (TPSA) is 41.6 Å². The minimum atomic E-state index is 0.763. The molecule has 0 aliphatic heterocycles. The van der Waals surface area contributed by atoms with E-state index in [1.54, 1.807) is 18.1 Å². The second kappa shape index (κ2) is 8.85. The van der Waals surface area contributed by atoms with Crippen LogP contribution in [0.25, 0.3) is 5.57 Å². The van der Waals surface area contributed by atoms with Gasteiger partial charge in [-0.15, -0.1) is 0 Å². The predicted octanol–water partition coefficient (Wildman–Crippen LogP) is 5.44. The highest BCUT2D eigenvalue weighted by Crippen LogP contribution is 2.41. The lowest BCUT2D eigenvalue weighted by Gasteiger charge is -2.14. The molecule has 24 heavy (non-hydrogen) atoms. The first-order valence-corrected chi connectivity index (χ1v) is 9.31. The first-order valence-electron chi connectivity index (χ1n) is 7.72. The van der Waals surface area contributed by atoms with Gasteiger partial charge in [-0.2, -0.15) is 0 Å². The van der Waals surface area contributed by atoms with Crippen LogP contribution in [0.15, 0.2) is 68.1 Å². The molecule has 2 aromatic carbocycles. The first kappa shape index (κ1) is 18.5. The summed E-state index contributed by atoms with van der Waals surface area (Å²) in [5.74, 6) is 0. The van der Waals surface area contributed by atoms with Crippen molar-refractivity contribution in [2.75, 3.05) is 19.8 Å². The summed E-state index contributed by atoms with van der Waals surface area (Å²) in [6.45, 7) is 6.23. The molecule has 0 saturated heterocycles. The second-order valence-corrected chi connectivity index (χ2v) is 7.46. The molecule has 2 N–H and O–H groups in total. The molecule has 0 radical (unpaired) electrons. The third-order valence-corrected chi connectivity index (χ3v) is 5.33. The molecule has 0 heterocycles. The zero-order valence-corrected chi connectivity index (χ0v) is 16.0. The van der Waals surface area contributed by atoms with Gasteiger partial charge < -0.3 is 10.6 Å². The van der Waals surface area contributed by atoms with Crippen molar-refractivity contribution in [3.8, 4) is 0 Å². The number of nitrogen functional groups attached to an aromatic ring is 1. The minimum Gasteiger partial charge on any atom is -0.398 e. The molecule has 0 spiro atoms. The first-order chi connectivity index (χ1) is 11.5. The lowest BCUT2D eigenvalue weighted by atomic mass is 10.1. The number of hydrogen-bond donors (Lipinski definition) is 1. The Balaban J connectivity index is 2.40. The molecule has 0 bridgehead atoms. The Morgan fingerprint density at radius 1 is 1.25 bits per heavy atom. The van der Waals surface area contributed by atoms with Gasteiger partial charge in [-0.05, 0) is 41.8 Å². The maximum absolute atomic E-state index is 6.36. The van der Waals surface area contributed by atoms with Crippen LogP contribution in [0, 0.1) is 0 Å². The van der Waals surface area contributed by atoms with Gasteiger partial charge in [0.1, 0.15) is 0 Å². The van der Waals surface area contributed by atoms with Crippen LogP contribution in [-0.2, 0) is 0 Å². The Morgan fingerprint density at radius 3 is 2.58 bits per heavy atom. The highest BCUT2D eigenvalue weighted by Gasteiger charge is 2.12. The van der Waals surface area contributed by atoms with Crippen molar-refractivity contribution in [3.63, 3.8) is 0 Å². The molecule has 0 saturated carbocycles. The summed E-state index contributed by atoms with van der Waals surface area (Å²) in [6, 6.07) is 14.4. The molecule has 126 valence electrons. The van der Waals surface area contributed by atoms with Gasteiger partial charge in [-0.25, -0.2) is 4.40 Å². The summed E-state index contributed by atoms with van der Waals surface area (Å²) in [4.78, 5) is 5.15. The summed E-state index contributed by atoms with van der Waals surface area (Å²) in [6.07, 6.45) is 2.69. The Bertz CT molecular complexity index is 725. The maximum Gasteiger partial charge on any atom is 0.0988 e. The number of nitrogens with two attached hydrogens (primary N) is 1. The van der Waals surface area contributed by atoms with Gasteiger partial charge in [-0.3, -0.25) is 0 Å². The normalized spacial score (nSPS) is 11.0. The van der Waals surface area contributed by atoms with Crippen LogP contribution in [0.5, 0.6) is 0 Å². The lowest BCUT2D eigenvalue weighted by molar-refractivity contribution is 0.645. The standard InChI is InChI=1S/C19H23N3S2/c1-5-14(2)15-11-17(20)19(23-16-9-7-6-8-10-16)18(12-15)24-21-13-22(3)4/h6-13H,2,5,20H2,1,3-4H3. The largest absolute Gasteiger partial charge is 0.398 e. The highest BCUT2D eigenvalue weighted by molar-refractivity contribution is 8.02. The van der Waals surface area contributed by atoms with Crippen molar-refractivity contribution >= 4 is 41.3 Å². The zero-order chi connectivity index (χ0) is 17.5. The van der Waals surface area contributed by atoms with Gasteiger partial charge in [-0.1, -0.05) is 43.5 Å². The van der Waals surface area contributed by atoms with Crippen molar-refractivity contribution < 1.29 is 0 Å². The predicted molar refractivity (Wildman–Crippen MR) is 109 cm³/mol. The highest BCUT2D eigenvalue weighted by atomic mass is 32.2. The summed E-state index contributed by atoms with van der Waals surface area (Å²) in [5, 5.41) is 0. The maximum atomic E-state index is 6.36. The summed E-state index contributed by atoms with van der Waals surface area (Å²) in [7, 11) is 3.90. The monoisotopic (exact) mass is 357 g/mol. The van der Waals surface area contributed by atoms with E-state index in [0.717, 1.165) is 37.9 Å². The minimum absolute atomic E-state index is 0.763. The second-order valence-electron chi connectivity index (χ2n) is 5.54. The van der Waals surface area contributed by atoms with E-state index < -0.39 is 0 Å². The Morgan fingerprint density at radius 2 is 1.96 bits per heavy atom. The third kappa shape index (κ3) is 5.08. The van der Waals surface area contributed by atoms with Crippen LogP contribution >= 0.6 is 23.7 Å². The zero-order valence-electron chi connectivity index (χ0n) is 14.3. The fourth-order valence-corrected chi connectivity index (χ4v) is 3.82. The third-order valence-electron chi connectivity index (χ3n) is 3.31. The van der Waals surface area contributed by atoms with Crippen LogP contribution in [0.3, 0.4) is 0 Å². The quantitative estimate of drug-likeness (QED) is 0.310. The average Bonchev–Trinajstić information content (AvgIpc) is 2.57. The van der Waals surface area contributed by atoms with Crippen molar-refractivity contribution in [2.24, 2.45) is 4.40 Å². The summed E-state index contributed by atoms with van der Waals surface area (Å²) < 4.78 is 4.43. The van der Waals surface area contributed by atoms with Gasteiger partial charge in [0.2, 0.25) is 0 Å². The van der Waals surface area contributed by atoms with E-state index in [2.05, 4.69) is 36.1 Å². The Kier molecular flexibility index (Phi) is 6.82. The molecule has 0 fully saturated rings. The average molecular weight is 358 g/mol. The van der Waals surface area contributed by atoms with Crippen LogP contribution in [0.4, 0.5) is 5.69 Å². The SMILES string of the molecule is C=C(CC)c1cc(N)c(Sc2ccccc2)c(SN=CN(C)C)c1. The van der Waals surface area contributed by atoms with Gasteiger partial charge in [0.05, 0.1) is 11.2 Å². The van der Waals surface area contributed by atoms with E-state index in [1.165, 1.54) is 11.9 Å². The molecule has 0 aliphatic carbocycles. The molecule has 0 aromatic heterocycles. The Hall–Kier alpha value is -1.85. The van der Waals surface area contributed by atoms with Crippen LogP contribution in [0.2, 0.25) is 0 Å². The number of rotatable bonds is 7. The van der Waals surface area contributed by atoms with Crippen molar-refractivity contribution in [3.05, 3.63) is 54.6 Å². The van der Waals surface area contributed by atoms with E-state index in [9.17, 15) is 0 Å². The van der Waals surface area contributed by atoms with Crippen LogP contribution < -0.4 is 5.73 Å². The van der Waals surface area contributed by atoms with Crippen molar-refractivity contribution in [2.45, 2.75) is 28.0 Å². The van der Waals surface area contributed by atoms with Crippen LogP contribution in [-0.4, -0.2) is 25.3 Å². The smallest absolute Gasteiger partial charge is 0.0988 e. The van der Waals surface area contributed by atoms with Crippen molar-refractivity contribution in [1.29, 1.82) is 0 Å². The van der Waals surface area contributed by atoms with Crippen LogP contribution in [0.1, 0.15) is 18.9 Å². The van der Waals surface area contributed by atoms with E-state index in [0.29, 0.717) is 0 Å². The molecular weight excluding hydrogens is 334 g/mol. The summed E-state index contributed by atoms with van der Waals surface area (Å²) in [5.41, 5.74) is 9.28.